The fourth-order valence-electron chi connectivity index (χ4n) is 0.387. The molecule has 0 aliphatic heterocycles. The Labute approximate surface area is 64.7 Å². The molecule has 9 heavy (non-hydrogen) atoms. The van der Waals surface area contributed by atoms with Crippen LogP contribution in [0.1, 0.15) is 12.8 Å². The summed E-state index contributed by atoms with van der Waals surface area (Å²) in [5.74, 6) is 1.71. The first-order valence-corrected chi connectivity index (χ1v) is 4.36. The molecule has 2 nitrogen and oxygen atoms in total. The number of hydrogen-bond acceptors (Lipinski definition) is 1. The molecule has 0 radical (unpaired) electrons. The van der Waals surface area contributed by atoms with Gasteiger partial charge in [0.25, 0.3) is 5.17 Å². The lowest BCUT2D eigenvalue weighted by Gasteiger charge is -1.91. The number of thioether (sulfide) groups is 1. The average molecular weight is 168 g/mol. The molecule has 0 saturated heterocycles. The fourth-order valence-corrected chi connectivity index (χ4v) is 1.16. The number of rotatable bonds is 4. The zero-order valence-corrected chi connectivity index (χ0v) is 6.84. The molecule has 0 rings (SSSR count). The Balaban J connectivity index is 2.83. The summed E-state index contributed by atoms with van der Waals surface area (Å²) >= 11 is 6.92. The maximum absolute atomic E-state index is 5.44. The zero-order chi connectivity index (χ0) is 7.11. The van der Waals surface area contributed by atoms with Crippen molar-refractivity contribution >= 4 is 28.5 Å². The molecule has 0 unspecified atom stereocenters. The van der Waals surface area contributed by atoms with Crippen molar-refractivity contribution in [2.75, 3.05) is 11.6 Å². The van der Waals surface area contributed by atoms with E-state index in [0.29, 0.717) is 5.17 Å². The molecule has 0 heterocycles. The average Bonchev–Trinajstić information content (AvgIpc) is 1.80. The van der Waals surface area contributed by atoms with E-state index < -0.39 is 0 Å². The molecule has 0 saturated carbocycles. The molecule has 0 fully saturated rings. The molecule has 0 aromatic carbocycles. The third-order valence-corrected chi connectivity index (χ3v) is 1.89. The van der Waals surface area contributed by atoms with Crippen LogP contribution in [0.15, 0.2) is 0 Å². The summed E-state index contributed by atoms with van der Waals surface area (Å²) in [6.07, 6.45) is 2.13. The molecular weight excluding hydrogens is 156 g/mol. The lowest BCUT2D eigenvalue weighted by atomic mass is 10.4. The van der Waals surface area contributed by atoms with Gasteiger partial charge in [-0.05, 0) is 24.6 Å². The maximum atomic E-state index is 5.44. The van der Waals surface area contributed by atoms with E-state index in [4.69, 9.17) is 22.7 Å². The summed E-state index contributed by atoms with van der Waals surface area (Å²) in [7, 11) is 0. The van der Waals surface area contributed by atoms with E-state index in [1.54, 1.807) is 0 Å². The molecule has 0 aliphatic carbocycles. The molecule has 0 aromatic heterocycles. The number of unbranched alkanes of at least 4 members (excludes halogenated alkanes) is 1. The van der Waals surface area contributed by atoms with E-state index in [9.17, 15) is 0 Å². The highest BCUT2D eigenvalue weighted by molar-refractivity contribution is 8.13. The molecule has 0 spiro atoms. The Morgan fingerprint density at radius 1 is 1.56 bits per heavy atom. The highest BCUT2D eigenvalue weighted by atomic mass is 35.5. The van der Waals surface area contributed by atoms with Crippen molar-refractivity contribution in [3.63, 3.8) is 0 Å². The minimum Gasteiger partial charge on any atom is -0.282 e. The summed E-state index contributed by atoms with van der Waals surface area (Å²) in [4.78, 5) is 0. The van der Waals surface area contributed by atoms with Gasteiger partial charge in [-0.1, -0.05) is 0 Å². The summed E-state index contributed by atoms with van der Waals surface area (Å²) < 4.78 is 0. The molecular formula is C5H12ClN2S+. The lowest BCUT2D eigenvalue weighted by Crippen LogP contribution is -2.43. The molecule has 0 amide bonds. The molecule has 0 atom stereocenters. The fraction of sp³-hybridized carbons (Fsp3) is 0.800. The van der Waals surface area contributed by atoms with Crippen LogP contribution in [0, 0.1) is 0 Å². The van der Waals surface area contributed by atoms with Crippen LogP contribution in [-0.2, 0) is 0 Å². The Morgan fingerprint density at radius 3 is 2.67 bits per heavy atom. The maximum Gasteiger partial charge on any atom is 0.299 e. The van der Waals surface area contributed by atoms with Crippen molar-refractivity contribution in [1.29, 1.82) is 0 Å². The molecule has 0 aliphatic rings. The topological polar surface area (TPSA) is 51.6 Å². The van der Waals surface area contributed by atoms with Gasteiger partial charge in [0, 0.05) is 11.6 Å². The van der Waals surface area contributed by atoms with Crippen molar-refractivity contribution in [2.24, 2.45) is 5.73 Å². The molecule has 54 valence electrons. The van der Waals surface area contributed by atoms with Gasteiger partial charge in [0.1, 0.15) is 0 Å². The number of hydrogen-bond donors (Lipinski definition) is 2. The van der Waals surface area contributed by atoms with E-state index in [-0.39, 0.29) is 0 Å². The van der Waals surface area contributed by atoms with Crippen LogP contribution in [0.3, 0.4) is 0 Å². The Kier molecular flexibility index (Phi) is 6.31. The van der Waals surface area contributed by atoms with Crippen molar-refractivity contribution in [3.05, 3.63) is 0 Å². The van der Waals surface area contributed by atoms with Crippen molar-refractivity contribution < 1.29 is 5.41 Å². The van der Waals surface area contributed by atoms with Gasteiger partial charge in [-0.2, -0.15) is 0 Å². The van der Waals surface area contributed by atoms with Crippen molar-refractivity contribution in [2.45, 2.75) is 12.8 Å². The SMILES string of the molecule is NC(=[NH2+])SCCCCCl. The van der Waals surface area contributed by atoms with Gasteiger partial charge in [-0.15, -0.1) is 11.6 Å². The summed E-state index contributed by atoms with van der Waals surface area (Å²) in [6, 6.07) is 0. The predicted molar refractivity (Wildman–Crippen MR) is 43.5 cm³/mol. The van der Waals surface area contributed by atoms with Gasteiger partial charge < -0.3 is 0 Å². The van der Waals surface area contributed by atoms with Crippen LogP contribution in [0.4, 0.5) is 0 Å². The predicted octanol–water partition coefficient (Wildman–Crippen LogP) is -0.188. The summed E-state index contributed by atoms with van der Waals surface area (Å²) in [5, 5.41) is 5.65. The quantitative estimate of drug-likeness (QED) is 0.264. The van der Waals surface area contributed by atoms with Crippen molar-refractivity contribution in [3.8, 4) is 0 Å². The van der Waals surface area contributed by atoms with E-state index in [0.717, 1.165) is 24.5 Å². The standard InChI is InChI=1S/C5H11ClN2S/c6-3-1-2-4-9-5(7)8/h1-4H2,(H3,7,8)/p+1. The van der Waals surface area contributed by atoms with E-state index >= 15 is 0 Å². The smallest absolute Gasteiger partial charge is 0.282 e. The number of nitrogens with two attached hydrogens (primary N) is 2. The van der Waals surface area contributed by atoms with Gasteiger partial charge >= 0.3 is 0 Å². The molecule has 4 heteroatoms. The first-order chi connectivity index (χ1) is 4.27. The van der Waals surface area contributed by atoms with E-state index in [1.165, 1.54) is 11.8 Å². The van der Waals surface area contributed by atoms with Gasteiger partial charge in [0.15, 0.2) is 0 Å². The third-order valence-electron chi connectivity index (χ3n) is 0.797. The van der Waals surface area contributed by atoms with Gasteiger partial charge in [0.05, 0.1) is 0 Å². The Hall–Kier alpha value is 0.110. The molecule has 0 aromatic rings. The minimum absolute atomic E-state index is 0.449. The monoisotopic (exact) mass is 167 g/mol. The van der Waals surface area contributed by atoms with E-state index in [2.05, 4.69) is 0 Å². The van der Waals surface area contributed by atoms with Gasteiger partial charge in [-0.3, -0.25) is 11.1 Å². The van der Waals surface area contributed by atoms with Crippen LogP contribution in [0.2, 0.25) is 0 Å². The first-order valence-electron chi connectivity index (χ1n) is 2.84. The second-order valence-electron chi connectivity index (χ2n) is 1.65. The largest absolute Gasteiger partial charge is 0.299 e. The normalized spacial score (nSPS) is 9.44. The van der Waals surface area contributed by atoms with Gasteiger partial charge in [-0.25, -0.2) is 0 Å². The van der Waals surface area contributed by atoms with Crippen LogP contribution >= 0.6 is 23.4 Å². The van der Waals surface area contributed by atoms with Crippen LogP contribution in [0.25, 0.3) is 0 Å². The van der Waals surface area contributed by atoms with Crippen LogP contribution in [0.5, 0.6) is 0 Å². The Bertz CT molecular complexity index is 87.0. The number of halogens is 1. The zero-order valence-electron chi connectivity index (χ0n) is 5.27. The van der Waals surface area contributed by atoms with E-state index in [1.807, 2.05) is 0 Å². The minimum atomic E-state index is 0.449. The lowest BCUT2D eigenvalue weighted by molar-refractivity contribution is -0.110. The van der Waals surface area contributed by atoms with Crippen LogP contribution in [-0.4, -0.2) is 16.8 Å². The third kappa shape index (κ3) is 8.11. The Morgan fingerprint density at radius 2 is 2.22 bits per heavy atom. The molecule has 4 N–H and O–H groups in total. The highest BCUT2D eigenvalue weighted by Crippen LogP contribution is 2.01. The van der Waals surface area contributed by atoms with Crippen molar-refractivity contribution in [1.82, 2.24) is 0 Å². The second-order valence-corrected chi connectivity index (χ2v) is 3.19. The first kappa shape index (κ1) is 9.11. The van der Waals surface area contributed by atoms with Crippen LogP contribution < -0.4 is 11.1 Å². The molecule has 0 bridgehead atoms. The number of alkyl halides is 1. The van der Waals surface area contributed by atoms with Gasteiger partial charge in [0.2, 0.25) is 0 Å². The summed E-state index contributed by atoms with van der Waals surface area (Å²) in [6.45, 7) is 0. The number of amidine groups is 1. The second kappa shape index (κ2) is 6.23. The highest BCUT2D eigenvalue weighted by Gasteiger charge is 1.94. The summed E-state index contributed by atoms with van der Waals surface area (Å²) in [5.41, 5.74) is 5.20.